The molecule has 3 rings (SSSR count). The highest BCUT2D eigenvalue weighted by molar-refractivity contribution is 8.18. The maximum absolute atomic E-state index is 13.1. The van der Waals surface area contributed by atoms with Gasteiger partial charge in [-0.05, 0) is 47.7 Å². The van der Waals surface area contributed by atoms with Crippen LogP contribution in [0.15, 0.2) is 41.3 Å². The Hall–Kier alpha value is -3.67. The summed E-state index contributed by atoms with van der Waals surface area (Å²) in [5, 5.41) is 1.38. The largest absolute Gasteiger partial charge is 0.493 e. The van der Waals surface area contributed by atoms with Gasteiger partial charge in [-0.3, -0.25) is 19.3 Å². The molecule has 180 valence electrons. The summed E-state index contributed by atoms with van der Waals surface area (Å²) in [4.78, 5) is 38.1. The minimum absolute atomic E-state index is 0.0164. The summed E-state index contributed by atoms with van der Waals surface area (Å²) in [6, 6.07) is 7.54. The number of nitrogens with one attached hydrogen (secondary N) is 1. The molecule has 0 unspecified atom stereocenters. The van der Waals surface area contributed by atoms with E-state index in [1.165, 1.54) is 39.5 Å². The second kappa shape index (κ2) is 10.1. The van der Waals surface area contributed by atoms with Gasteiger partial charge < -0.3 is 19.5 Å². The van der Waals surface area contributed by atoms with Crippen molar-refractivity contribution in [2.24, 2.45) is 0 Å². The first-order chi connectivity index (χ1) is 16.1. The van der Waals surface area contributed by atoms with Crippen LogP contribution < -0.4 is 19.5 Å². The molecule has 0 spiro atoms. The first-order valence-electron chi connectivity index (χ1n) is 9.60. The number of imide groups is 1. The van der Waals surface area contributed by atoms with Crippen molar-refractivity contribution in [1.82, 2.24) is 4.90 Å². The number of alkyl halides is 3. The fraction of sp³-hybridized carbons (Fsp3) is 0.227. The minimum atomic E-state index is -4.69. The molecule has 0 bridgehead atoms. The highest BCUT2D eigenvalue weighted by Gasteiger charge is 2.37. The van der Waals surface area contributed by atoms with Crippen LogP contribution in [0, 0.1) is 0 Å². The van der Waals surface area contributed by atoms with Crippen molar-refractivity contribution in [3.8, 4) is 17.2 Å². The Morgan fingerprint density at radius 3 is 2.24 bits per heavy atom. The van der Waals surface area contributed by atoms with E-state index in [1.54, 1.807) is 12.1 Å². The molecule has 12 heteroatoms. The van der Waals surface area contributed by atoms with E-state index < -0.39 is 41.0 Å². The third-order valence-corrected chi connectivity index (χ3v) is 5.57. The molecule has 8 nitrogen and oxygen atoms in total. The Morgan fingerprint density at radius 1 is 1.06 bits per heavy atom. The molecule has 34 heavy (non-hydrogen) atoms. The molecule has 1 N–H and O–H groups in total. The number of benzene rings is 2. The summed E-state index contributed by atoms with van der Waals surface area (Å²) in [6.45, 7) is -0.747. The van der Waals surface area contributed by atoms with E-state index in [-0.39, 0.29) is 4.91 Å². The van der Waals surface area contributed by atoms with Gasteiger partial charge in [-0.1, -0.05) is 12.1 Å². The van der Waals surface area contributed by atoms with Crippen LogP contribution in [0.4, 0.5) is 23.7 Å². The molecule has 3 amide bonds. The number of methoxy groups -OCH3 is 3. The summed E-state index contributed by atoms with van der Waals surface area (Å²) >= 11 is 0.595. The van der Waals surface area contributed by atoms with Gasteiger partial charge in [0, 0.05) is 0 Å². The molecule has 2 aromatic carbocycles. The maximum Gasteiger partial charge on any atom is 0.418 e. The van der Waals surface area contributed by atoms with Crippen molar-refractivity contribution in [2.45, 2.75) is 6.18 Å². The van der Waals surface area contributed by atoms with Gasteiger partial charge >= 0.3 is 6.18 Å². The Morgan fingerprint density at radius 2 is 1.68 bits per heavy atom. The predicted molar refractivity (Wildman–Crippen MR) is 119 cm³/mol. The Labute approximate surface area is 196 Å². The molecule has 0 aromatic heterocycles. The summed E-state index contributed by atoms with van der Waals surface area (Å²) in [5.41, 5.74) is -1.05. The number of hydrogen-bond acceptors (Lipinski definition) is 7. The van der Waals surface area contributed by atoms with Crippen LogP contribution in [0.2, 0.25) is 0 Å². The van der Waals surface area contributed by atoms with Crippen molar-refractivity contribution in [3.05, 3.63) is 52.4 Å². The fourth-order valence-electron chi connectivity index (χ4n) is 3.15. The number of ether oxygens (including phenoxy) is 3. The first-order valence-corrected chi connectivity index (χ1v) is 10.4. The first kappa shape index (κ1) is 25.0. The topological polar surface area (TPSA) is 94.2 Å². The zero-order valence-electron chi connectivity index (χ0n) is 18.2. The summed E-state index contributed by atoms with van der Waals surface area (Å²) in [7, 11) is 4.28. The molecule has 0 aliphatic carbocycles. The van der Waals surface area contributed by atoms with Crippen LogP contribution in [0.3, 0.4) is 0 Å². The normalized spacial score (nSPS) is 15.0. The Kier molecular flexibility index (Phi) is 7.40. The number of para-hydroxylation sites is 1. The van der Waals surface area contributed by atoms with Crippen LogP contribution in [-0.4, -0.2) is 49.8 Å². The lowest BCUT2D eigenvalue weighted by Gasteiger charge is -2.16. The molecular formula is C22H19F3N2O6S. The number of thioether (sulfide) groups is 1. The highest BCUT2D eigenvalue weighted by Crippen LogP contribution is 2.40. The second-order valence-electron chi connectivity index (χ2n) is 6.82. The number of hydrogen-bond donors (Lipinski definition) is 1. The maximum atomic E-state index is 13.1. The molecule has 1 heterocycles. The Bertz CT molecular complexity index is 1140. The lowest BCUT2D eigenvalue weighted by Crippen LogP contribution is -2.36. The molecule has 1 saturated heterocycles. The smallest absolute Gasteiger partial charge is 0.418 e. The van der Waals surface area contributed by atoms with E-state index in [1.807, 2.05) is 0 Å². The summed E-state index contributed by atoms with van der Waals surface area (Å²) in [6.07, 6.45) is -3.28. The number of carbonyl (C=O) groups excluding carboxylic acids is 3. The van der Waals surface area contributed by atoms with Crippen molar-refractivity contribution in [1.29, 1.82) is 0 Å². The third-order valence-electron chi connectivity index (χ3n) is 4.67. The number of anilines is 1. The number of carbonyl (C=O) groups is 3. The van der Waals surface area contributed by atoms with Gasteiger partial charge in [0.25, 0.3) is 11.1 Å². The SMILES string of the molecule is COc1cc(/C=C2\SC(=O)N(CC(=O)Nc3ccccc3C(F)(F)F)C2=O)cc(OC)c1OC. The van der Waals surface area contributed by atoms with Gasteiger partial charge in [0.05, 0.1) is 37.5 Å². The van der Waals surface area contributed by atoms with E-state index >= 15 is 0 Å². The van der Waals surface area contributed by atoms with Gasteiger partial charge in [-0.15, -0.1) is 0 Å². The van der Waals surface area contributed by atoms with Gasteiger partial charge in [0.2, 0.25) is 11.7 Å². The van der Waals surface area contributed by atoms with Gasteiger partial charge in [0.15, 0.2) is 11.5 Å². The average Bonchev–Trinajstić information content (AvgIpc) is 3.05. The van der Waals surface area contributed by atoms with Crippen LogP contribution in [0.5, 0.6) is 17.2 Å². The fourth-order valence-corrected chi connectivity index (χ4v) is 3.98. The van der Waals surface area contributed by atoms with Crippen molar-refractivity contribution < 1.29 is 41.8 Å². The number of halogens is 3. The van der Waals surface area contributed by atoms with Crippen LogP contribution in [0.25, 0.3) is 6.08 Å². The van der Waals surface area contributed by atoms with E-state index in [4.69, 9.17) is 14.2 Å². The van der Waals surface area contributed by atoms with Crippen LogP contribution in [-0.2, 0) is 15.8 Å². The summed E-state index contributed by atoms with van der Waals surface area (Å²) in [5.74, 6) is -0.716. The molecule has 0 radical (unpaired) electrons. The minimum Gasteiger partial charge on any atom is -0.493 e. The third kappa shape index (κ3) is 5.28. The molecule has 2 aromatic rings. The molecule has 1 fully saturated rings. The van der Waals surface area contributed by atoms with Gasteiger partial charge in [0.1, 0.15) is 6.54 Å². The van der Waals surface area contributed by atoms with E-state index in [2.05, 4.69) is 5.32 Å². The zero-order chi connectivity index (χ0) is 25.0. The summed E-state index contributed by atoms with van der Waals surface area (Å²) < 4.78 is 55.2. The van der Waals surface area contributed by atoms with Crippen molar-refractivity contribution >= 4 is 40.6 Å². The van der Waals surface area contributed by atoms with Crippen LogP contribution >= 0.6 is 11.8 Å². The number of amides is 3. The van der Waals surface area contributed by atoms with Gasteiger partial charge in [-0.25, -0.2) is 0 Å². The standard InChI is InChI=1S/C22H19F3N2O6S/c1-31-15-8-12(9-16(32-2)19(15)33-3)10-17-20(29)27(21(30)34-17)11-18(28)26-14-7-5-4-6-13(14)22(23,24)25/h4-10H,11H2,1-3H3,(H,26,28)/b17-10-. The quantitative estimate of drug-likeness (QED) is 0.568. The highest BCUT2D eigenvalue weighted by atomic mass is 32.2. The number of nitrogens with zero attached hydrogens (tertiary/aromatic N) is 1. The second-order valence-corrected chi connectivity index (χ2v) is 7.81. The van der Waals surface area contributed by atoms with Crippen molar-refractivity contribution in [2.75, 3.05) is 33.2 Å². The van der Waals surface area contributed by atoms with E-state index in [0.717, 1.165) is 12.1 Å². The van der Waals surface area contributed by atoms with Gasteiger partial charge in [-0.2, -0.15) is 13.2 Å². The van der Waals surface area contributed by atoms with Crippen molar-refractivity contribution in [3.63, 3.8) is 0 Å². The number of rotatable bonds is 7. The molecule has 0 atom stereocenters. The predicted octanol–water partition coefficient (Wildman–Crippen LogP) is 4.41. The molecule has 1 aliphatic heterocycles. The molecular weight excluding hydrogens is 477 g/mol. The lowest BCUT2D eigenvalue weighted by atomic mass is 10.1. The van der Waals surface area contributed by atoms with Crippen LogP contribution in [0.1, 0.15) is 11.1 Å². The molecule has 1 aliphatic rings. The average molecular weight is 496 g/mol. The zero-order valence-corrected chi connectivity index (χ0v) is 19.0. The Balaban J connectivity index is 1.79. The molecule has 0 saturated carbocycles. The van der Waals surface area contributed by atoms with E-state index in [9.17, 15) is 27.6 Å². The lowest BCUT2D eigenvalue weighted by molar-refractivity contribution is -0.137. The van der Waals surface area contributed by atoms with E-state index in [0.29, 0.717) is 39.5 Å². The monoisotopic (exact) mass is 496 g/mol.